The number of nitrogens with one attached hydrogen (secondary N) is 1. The first-order valence-electron chi connectivity index (χ1n) is 8.12. The van der Waals surface area contributed by atoms with Gasteiger partial charge in [0.2, 0.25) is 0 Å². The van der Waals surface area contributed by atoms with Gasteiger partial charge in [0.1, 0.15) is 11.6 Å². The molecule has 4 rings (SSSR count). The van der Waals surface area contributed by atoms with Gasteiger partial charge in [-0.25, -0.2) is 4.39 Å². The van der Waals surface area contributed by atoms with E-state index in [1.807, 2.05) is 0 Å². The fourth-order valence-corrected chi connectivity index (χ4v) is 3.05. The second kappa shape index (κ2) is 6.48. The second-order valence-electron chi connectivity index (χ2n) is 5.84. The van der Waals surface area contributed by atoms with Crippen molar-refractivity contribution in [3.05, 3.63) is 83.9 Å². The predicted molar refractivity (Wildman–Crippen MR) is 96.8 cm³/mol. The van der Waals surface area contributed by atoms with E-state index in [0.717, 1.165) is 0 Å². The van der Waals surface area contributed by atoms with E-state index in [1.165, 1.54) is 6.07 Å². The van der Waals surface area contributed by atoms with Gasteiger partial charge in [-0.05, 0) is 48.5 Å². The Labute approximate surface area is 150 Å². The Morgan fingerprint density at radius 2 is 1.85 bits per heavy atom. The quantitative estimate of drug-likeness (QED) is 0.773. The first-order chi connectivity index (χ1) is 12.7. The average Bonchev–Trinajstić information content (AvgIpc) is 2.96. The number of nitrogens with zero attached hydrogens (tertiary/aromatic N) is 2. The van der Waals surface area contributed by atoms with Gasteiger partial charge >= 0.3 is 0 Å². The number of benzene rings is 2. The minimum absolute atomic E-state index is 0.188. The minimum Gasteiger partial charge on any atom is -0.497 e. The van der Waals surface area contributed by atoms with Gasteiger partial charge < -0.3 is 10.1 Å². The Morgan fingerprint density at radius 1 is 1.08 bits per heavy atom. The standard InChI is InChI=1S/C20H16FN3O2/c1-26-14-10-8-13(9-11-14)24-19(23-17-7-3-2-6-16(17)21)18-15(20(24)25)5-4-12-22-18/h2-12,19,23H,1H3. The zero-order valence-electron chi connectivity index (χ0n) is 14.0. The smallest absolute Gasteiger partial charge is 0.262 e. The molecule has 2 aromatic carbocycles. The van der Waals surface area contributed by atoms with E-state index in [-0.39, 0.29) is 11.7 Å². The third kappa shape index (κ3) is 2.65. The van der Waals surface area contributed by atoms with E-state index < -0.39 is 6.17 Å². The number of para-hydroxylation sites is 1. The summed E-state index contributed by atoms with van der Waals surface area (Å²) in [6.07, 6.45) is 1.02. The number of rotatable bonds is 4. The molecule has 1 aliphatic rings. The molecule has 1 aromatic heterocycles. The highest BCUT2D eigenvalue weighted by Gasteiger charge is 2.39. The second-order valence-corrected chi connectivity index (χ2v) is 5.84. The normalized spacial score (nSPS) is 15.7. The summed E-state index contributed by atoms with van der Waals surface area (Å²) in [7, 11) is 1.58. The number of methoxy groups -OCH3 is 1. The van der Waals surface area contributed by atoms with Crippen molar-refractivity contribution in [1.29, 1.82) is 0 Å². The lowest BCUT2D eigenvalue weighted by Gasteiger charge is -2.26. The van der Waals surface area contributed by atoms with Gasteiger partial charge in [0.25, 0.3) is 5.91 Å². The number of pyridine rings is 1. The Morgan fingerprint density at radius 3 is 2.58 bits per heavy atom. The van der Waals surface area contributed by atoms with Crippen LogP contribution in [0.25, 0.3) is 0 Å². The van der Waals surface area contributed by atoms with Crippen LogP contribution in [0.3, 0.4) is 0 Å². The van der Waals surface area contributed by atoms with Crippen LogP contribution in [-0.2, 0) is 0 Å². The van der Waals surface area contributed by atoms with Gasteiger partial charge in [-0.2, -0.15) is 0 Å². The van der Waals surface area contributed by atoms with Gasteiger partial charge in [-0.1, -0.05) is 12.1 Å². The highest BCUT2D eigenvalue weighted by molar-refractivity contribution is 6.11. The van der Waals surface area contributed by atoms with Crippen LogP contribution >= 0.6 is 0 Å². The summed E-state index contributed by atoms with van der Waals surface area (Å²) in [5.74, 6) is 0.112. The Balaban J connectivity index is 1.78. The minimum atomic E-state index is -0.607. The van der Waals surface area contributed by atoms with Crippen molar-refractivity contribution in [1.82, 2.24) is 4.98 Å². The van der Waals surface area contributed by atoms with Gasteiger partial charge in [0.15, 0.2) is 6.17 Å². The van der Waals surface area contributed by atoms with Crippen LogP contribution in [-0.4, -0.2) is 18.0 Å². The van der Waals surface area contributed by atoms with Gasteiger partial charge in [-0.15, -0.1) is 0 Å². The maximum Gasteiger partial charge on any atom is 0.262 e. The van der Waals surface area contributed by atoms with E-state index in [1.54, 1.807) is 72.8 Å². The lowest BCUT2D eigenvalue weighted by atomic mass is 10.2. The number of carbonyl (C=O) groups excluding carboxylic acids is 1. The van der Waals surface area contributed by atoms with Gasteiger partial charge in [0.05, 0.1) is 24.1 Å². The van der Waals surface area contributed by atoms with Crippen molar-refractivity contribution in [2.24, 2.45) is 0 Å². The number of anilines is 2. The topological polar surface area (TPSA) is 54.5 Å². The molecule has 0 spiro atoms. The molecule has 0 fully saturated rings. The number of ether oxygens (including phenoxy) is 1. The molecule has 2 heterocycles. The SMILES string of the molecule is COc1ccc(N2C(=O)c3cccnc3C2Nc2ccccc2F)cc1. The van der Waals surface area contributed by atoms with Crippen molar-refractivity contribution in [3.63, 3.8) is 0 Å². The average molecular weight is 349 g/mol. The summed E-state index contributed by atoms with van der Waals surface area (Å²) in [6.45, 7) is 0. The summed E-state index contributed by atoms with van der Waals surface area (Å²) in [4.78, 5) is 18.9. The molecule has 1 amide bonds. The molecule has 26 heavy (non-hydrogen) atoms. The van der Waals surface area contributed by atoms with Crippen molar-refractivity contribution in [3.8, 4) is 5.75 Å². The molecule has 1 N–H and O–H groups in total. The molecule has 1 atom stereocenters. The number of carbonyl (C=O) groups is 1. The molecule has 0 aliphatic carbocycles. The third-order valence-corrected chi connectivity index (χ3v) is 4.32. The number of halogens is 1. The van der Waals surface area contributed by atoms with Crippen molar-refractivity contribution in [2.45, 2.75) is 6.17 Å². The predicted octanol–water partition coefficient (Wildman–Crippen LogP) is 4.00. The largest absolute Gasteiger partial charge is 0.497 e. The lowest BCUT2D eigenvalue weighted by Crippen LogP contribution is -2.32. The molecule has 130 valence electrons. The molecule has 1 unspecified atom stereocenters. The number of amides is 1. The van der Waals surface area contributed by atoms with Crippen molar-refractivity contribution < 1.29 is 13.9 Å². The van der Waals surface area contributed by atoms with Crippen LogP contribution in [0.2, 0.25) is 0 Å². The highest BCUT2D eigenvalue weighted by atomic mass is 19.1. The molecule has 1 aliphatic heterocycles. The number of hydrogen-bond acceptors (Lipinski definition) is 4. The van der Waals surface area contributed by atoms with E-state index in [0.29, 0.717) is 28.4 Å². The third-order valence-electron chi connectivity index (χ3n) is 4.32. The summed E-state index contributed by atoms with van der Waals surface area (Å²) in [5.41, 5.74) is 2.04. The fourth-order valence-electron chi connectivity index (χ4n) is 3.05. The first-order valence-corrected chi connectivity index (χ1v) is 8.12. The summed E-state index contributed by atoms with van der Waals surface area (Å²) < 4.78 is 19.3. The van der Waals surface area contributed by atoms with E-state index >= 15 is 0 Å². The number of hydrogen-bond donors (Lipinski definition) is 1. The zero-order valence-corrected chi connectivity index (χ0v) is 14.0. The van der Waals surface area contributed by atoms with Crippen LogP contribution in [0.15, 0.2) is 66.9 Å². The van der Waals surface area contributed by atoms with Crippen LogP contribution in [0.1, 0.15) is 22.2 Å². The highest BCUT2D eigenvalue weighted by Crippen LogP contribution is 2.37. The molecular formula is C20H16FN3O2. The molecular weight excluding hydrogens is 333 g/mol. The monoisotopic (exact) mass is 349 g/mol. The van der Waals surface area contributed by atoms with E-state index in [4.69, 9.17) is 4.74 Å². The maximum atomic E-state index is 14.1. The van der Waals surface area contributed by atoms with Crippen molar-refractivity contribution >= 4 is 17.3 Å². The molecule has 5 nitrogen and oxygen atoms in total. The van der Waals surface area contributed by atoms with Crippen molar-refractivity contribution in [2.75, 3.05) is 17.3 Å². The summed E-state index contributed by atoms with van der Waals surface area (Å²) in [5, 5.41) is 3.11. The molecule has 6 heteroatoms. The Hall–Kier alpha value is -3.41. The molecule has 0 saturated carbocycles. The molecule has 0 saturated heterocycles. The fraction of sp³-hybridized carbons (Fsp3) is 0.100. The van der Waals surface area contributed by atoms with Gasteiger partial charge in [0, 0.05) is 11.9 Å². The molecule has 3 aromatic rings. The Bertz CT molecular complexity index is 959. The zero-order chi connectivity index (χ0) is 18.1. The van der Waals surface area contributed by atoms with Crippen LogP contribution in [0.5, 0.6) is 5.75 Å². The van der Waals surface area contributed by atoms with E-state index in [2.05, 4.69) is 10.3 Å². The maximum absolute atomic E-state index is 14.1. The van der Waals surface area contributed by atoms with Gasteiger partial charge in [-0.3, -0.25) is 14.7 Å². The first kappa shape index (κ1) is 16.1. The van der Waals surface area contributed by atoms with Crippen LogP contribution in [0.4, 0.5) is 15.8 Å². The summed E-state index contributed by atoms with van der Waals surface area (Å²) >= 11 is 0. The Kier molecular flexibility index (Phi) is 4.01. The molecule has 0 bridgehead atoms. The number of aromatic nitrogens is 1. The molecule has 0 radical (unpaired) electrons. The van der Waals surface area contributed by atoms with Crippen LogP contribution in [0, 0.1) is 5.82 Å². The lowest BCUT2D eigenvalue weighted by molar-refractivity contribution is 0.0993. The summed E-state index contributed by atoms with van der Waals surface area (Å²) in [6, 6.07) is 16.9. The number of fused-ring (bicyclic) bond motifs is 1. The van der Waals surface area contributed by atoms with E-state index in [9.17, 15) is 9.18 Å². The van der Waals surface area contributed by atoms with Crippen LogP contribution < -0.4 is 15.0 Å².